The van der Waals surface area contributed by atoms with Gasteiger partial charge >= 0.3 is 0 Å². The van der Waals surface area contributed by atoms with Gasteiger partial charge in [0.25, 0.3) is 11.7 Å². The number of hydrogen-bond acceptors (Lipinski definition) is 4. The van der Waals surface area contributed by atoms with Crippen LogP contribution in [-0.4, -0.2) is 29.0 Å². The topological polar surface area (TPSA) is 86.6 Å². The summed E-state index contributed by atoms with van der Waals surface area (Å²) >= 11 is 0. The first kappa shape index (κ1) is 11.0. The Kier molecular flexibility index (Phi) is 2.89. The molecule has 0 aliphatic carbocycles. The molecule has 1 aromatic rings. The molecule has 0 aromatic heterocycles. The number of phenolic OH excluding ortho intramolecular Hbond substituents is 2. The number of phenols is 2. The van der Waals surface area contributed by atoms with Gasteiger partial charge in [-0.2, -0.15) is 0 Å². The first-order chi connectivity index (χ1) is 6.99. The highest BCUT2D eigenvalue weighted by Crippen LogP contribution is 2.29. The number of likely N-dealkylation sites (N-methyl/N-ethyl adjacent to an activating group) is 1. The van der Waals surface area contributed by atoms with Crippen LogP contribution in [0.5, 0.6) is 11.5 Å². The van der Waals surface area contributed by atoms with Crippen LogP contribution in [-0.2, 0) is 4.79 Å². The molecule has 0 bridgehead atoms. The standard InChI is InChI=1S/C9H8FNO4/c1-11-9(15)7(13)4-2-3-5(12)8(14)6(4)10/h2-3,12,14H,1H3,(H,11,15). The van der Waals surface area contributed by atoms with Gasteiger partial charge in [-0.15, -0.1) is 0 Å². The minimum absolute atomic E-state index is 0.593. The van der Waals surface area contributed by atoms with Crippen molar-refractivity contribution in [3.05, 3.63) is 23.5 Å². The highest BCUT2D eigenvalue weighted by atomic mass is 19.1. The Bertz CT molecular complexity index is 430. The molecule has 80 valence electrons. The predicted molar refractivity (Wildman–Crippen MR) is 48.1 cm³/mol. The van der Waals surface area contributed by atoms with E-state index in [0.29, 0.717) is 0 Å². The maximum atomic E-state index is 13.2. The summed E-state index contributed by atoms with van der Waals surface area (Å²) in [5.74, 6) is -5.18. The lowest BCUT2D eigenvalue weighted by molar-refractivity contribution is -0.116. The molecule has 0 aliphatic heterocycles. The van der Waals surface area contributed by atoms with Gasteiger partial charge < -0.3 is 15.5 Å². The van der Waals surface area contributed by atoms with Crippen LogP contribution in [0.1, 0.15) is 10.4 Å². The van der Waals surface area contributed by atoms with E-state index >= 15 is 0 Å². The van der Waals surface area contributed by atoms with Crippen LogP contribution >= 0.6 is 0 Å². The van der Waals surface area contributed by atoms with Crippen molar-refractivity contribution in [3.63, 3.8) is 0 Å². The summed E-state index contributed by atoms with van der Waals surface area (Å²) in [7, 11) is 1.22. The van der Waals surface area contributed by atoms with Gasteiger partial charge in [-0.3, -0.25) is 9.59 Å². The van der Waals surface area contributed by atoms with E-state index in [1.807, 2.05) is 5.32 Å². The third-order valence-corrected chi connectivity index (χ3v) is 1.77. The number of ketones is 1. The van der Waals surface area contributed by atoms with Crippen molar-refractivity contribution in [3.8, 4) is 11.5 Å². The van der Waals surface area contributed by atoms with Crippen molar-refractivity contribution in [1.29, 1.82) is 0 Å². The molecule has 0 radical (unpaired) electrons. The Hall–Kier alpha value is -2.11. The minimum Gasteiger partial charge on any atom is -0.504 e. The van der Waals surface area contributed by atoms with Gasteiger partial charge in [0, 0.05) is 7.05 Å². The van der Waals surface area contributed by atoms with Crippen LogP contribution in [0.25, 0.3) is 0 Å². The summed E-state index contributed by atoms with van der Waals surface area (Å²) in [5, 5.41) is 19.9. The highest BCUT2D eigenvalue weighted by Gasteiger charge is 2.22. The fraction of sp³-hybridized carbons (Fsp3) is 0.111. The van der Waals surface area contributed by atoms with Gasteiger partial charge in [0.05, 0.1) is 5.56 Å². The van der Waals surface area contributed by atoms with Crippen LogP contribution in [0.4, 0.5) is 4.39 Å². The van der Waals surface area contributed by atoms with Crippen LogP contribution in [0.15, 0.2) is 12.1 Å². The normalized spacial score (nSPS) is 9.73. The second-order valence-corrected chi connectivity index (χ2v) is 2.70. The number of benzene rings is 1. The molecule has 1 amide bonds. The number of nitrogens with one attached hydrogen (secondary N) is 1. The van der Waals surface area contributed by atoms with Gasteiger partial charge in [-0.1, -0.05) is 0 Å². The molecule has 0 atom stereocenters. The van der Waals surface area contributed by atoms with E-state index in [-0.39, 0.29) is 0 Å². The van der Waals surface area contributed by atoms with Crippen LogP contribution < -0.4 is 5.32 Å². The van der Waals surface area contributed by atoms with Gasteiger partial charge in [0.2, 0.25) is 0 Å². The monoisotopic (exact) mass is 213 g/mol. The Morgan fingerprint density at radius 1 is 1.33 bits per heavy atom. The molecule has 0 unspecified atom stereocenters. The third kappa shape index (κ3) is 1.88. The second kappa shape index (κ2) is 3.95. The lowest BCUT2D eigenvalue weighted by Gasteiger charge is -2.04. The molecule has 3 N–H and O–H groups in total. The Morgan fingerprint density at radius 3 is 2.47 bits per heavy atom. The number of amides is 1. The molecule has 5 nitrogen and oxygen atoms in total. The van der Waals surface area contributed by atoms with Crippen LogP contribution in [0.2, 0.25) is 0 Å². The quantitative estimate of drug-likeness (QED) is 0.371. The summed E-state index contributed by atoms with van der Waals surface area (Å²) in [6, 6.07) is 1.84. The summed E-state index contributed by atoms with van der Waals surface area (Å²) in [5.41, 5.74) is -0.593. The van der Waals surface area contributed by atoms with E-state index < -0.39 is 34.6 Å². The molecule has 0 saturated carbocycles. The second-order valence-electron chi connectivity index (χ2n) is 2.70. The van der Waals surface area contributed by atoms with Gasteiger partial charge in [0.15, 0.2) is 17.3 Å². The lowest BCUT2D eigenvalue weighted by atomic mass is 10.1. The van der Waals surface area contributed by atoms with Crippen LogP contribution in [0.3, 0.4) is 0 Å². The van der Waals surface area contributed by atoms with Crippen molar-refractivity contribution >= 4 is 11.7 Å². The maximum Gasteiger partial charge on any atom is 0.292 e. The van der Waals surface area contributed by atoms with Crippen molar-refractivity contribution in [2.24, 2.45) is 0 Å². The average molecular weight is 213 g/mol. The molecule has 0 fully saturated rings. The fourth-order valence-corrected chi connectivity index (χ4v) is 0.966. The number of aromatic hydroxyl groups is 2. The molecule has 1 aromatic carbocycles. The molecule has 15 heavy (non-hydrogen) atoms. The molecule has 0 spiro atoms. The molecule has 0 saturated heterocycles. The number of carbonyl (C=O) groups is 2. The summed E-state index contributed by atoms with van der Waals surface area (Å²) in [6.45, 7) is 0. The summed E-state index contributed by atoms with van der Waals surface area (Å²) in [6.07, 6.45) is 0. The Morgan fingerprint density at radius 2 is 1.93 bits per heavy atom. The first-order valence-electron chi connectivity index (χ1n) is 3.96. The van der Waals surface area contributed by atoms with E-state index in [1.165, 1.54) is 7.05 Å². The number of hydrogen-bond donors (Lipinski definition) is 3. The van der Waals surface area contributed by atoms with Crippen molar-refractivity contribution in [2.45, 2.75) is 0 Å². The van der Waals surface area contributed by atoms with Gasteiger partial charge in [-0.25, -0.2) is 4.39 Å². The smallest absolute Gasteiger partial charge is 0.292 e. The number of halogens is 1. The van der Waals surface area contributed by atoms with E-state index in [0.717, 1.165) is 12.1 Å². The van der Waals surface area contributed by atoms with Crippen molar-refractivity contribution in [2.75, 3.05) is 7.05 Å². The molecule has 1 rings (SSSR count). The lowest BCUT2D eigenvalue weighted by Crippen LogP contribution is -2.28. The largest absolute Gasteiger partial charge is 0.504 e. The number of Topliss-reactive ketones (excluding diaryl/α,β-unsaturated/α-hetero) is 1. The molecular weight excluding hydrogens is 205 g/mol. The SMILES string of the molecule is CNC(=O)C(=O)c1ccc(O)c(O)c1F. The van der Waals surface area contributed by atoms with Gasteiger partial charge in [0.1, 0.15) is 0 Å². The molecule has 6 heteroatoms. The first-order valence-corrected chi connectivity index (χ1v) is 3.96. The highest BCUT2D eigenvalue weighted by molar-refractivity contribution is 6.42. The molecular formula is C9H8FNO4. The zero-order valence-electron chi connectivity index (χ0n) is 7.74. The zero-order valence-corrected chi connectivity index (χ0v) is 7.74. The maximum absolute atomic E-state index is 13.2. The number of rotatable bonds is 2. The minimum atomic E-state index is -1.32. The Labute approximate surface area is 84.2 Å². The van der Waals surface area contributed by atoms with Gasteiger partial charge in [-0.05, 0) is 12.1 Å². The molecule has 0 heterocycles. The third-order valence-electron chi connectivity index (χ3n) is 1.77. The van der Waals surface area contributed by atoms with E-state index in [2.05, 4.69) is 0 Å². The predicted octanol–water partition coefficient (Wildman–Crippen LogP) is 0.166. The summed E-state index contributed by atoms with van der Waals surface area (Å²) < 4.78 is 13.2. The van der Waals surface area contributed by atoms with E-state index in [1.54, 1.807) is 0 Å². The van der Waals surface area contributed by atoms with Crippen molar-refractivity contribution < 1.29 is 24.2 Å². The Balaban J connectivity index is 3.22. The average Bonchev–Trinajstić information content (AvgIpc) is 2.24. The molecule has 0 aliphatic rings. The van der Waals surface area contributed by atoms with E-state index in [4.69, 9.17) is 10.2 Å². The summed E-state index contributed by atoms with van der Waals surface area (Å²) in [4.78, 5) is 22.1. The fourth-order valence-electron chi connectivity index (χ4n) is 0.966. The van der Waals surface area contributed by atoms with Crippen molar-refractivity contribution in [1.82, 2.24) is 5.32 Å². The number of carbonyl (C=O) groups excluding carboxylic acids is 2. The van der Waals surface area contributed by atoms with Crippen LogP contribution in [0, 0.1) is 5.82 Å². The van der Waals surface area contributed by atoms with E-state index in [9.17, 15) is 14.0 Å². The zero-order chi connectivity index (χ0) is 11.6.